The van der Waals surface area contributed by atoms with Gasteiger partial charge in [0.2, 0.25) is 5.82 Å². The van der Waals surface area contributed by atoms with Crippen molar-refractivity contribution in [2.24, 2.45) is 0 Å². The quantitative estimate of drug-likeness (QED) is 0.266. The second-order valence-corrected chi connectivity index (χ2v) is 2.19. The van der Waals surface area contributed by atoms with E-state index in [0.717, 1.165) is 6.92 Å². The van der Waals surface area contributed by atoms with Crippen LogP contribution in [0.15, 0.2) is 13.2 Å². The summed E-state index contributed by atoms with van der Waals surface area (Å²) in [5.41, 5.74) is -0.869. The van der Waals surface area contributed by atoms with Gasteiger partial charge in [-0.3, -0.25) is 0 Å². The largest absolute Gasteiger partial charge is 0.203 e. The van der Waals surface area contributed by atoms with E-state index in [2.05, 4.69) is 13.2 Å². The van der Waals surface area contributed by atoms with Gasteiger partial charge in [-0.2, -0.15) is 0 Å². The van der Waals surface area contributed by atoms with E-state index in [1.807, 2.05) is 0 Å². The van der Waals surface area contributed by atoms with Gasteiger partial charge in [-0.05, 0) is 6.92 Å². The number of rotatable bonds is 0. The zero-order chi connectivity index (χ0) is 11.5. The Labute approximate surface area is 77.7 Å². The summed E-state index contributed by atoms with van der Waals surface area (Å²) < 4.78 is 61.6. The fourth-order valence-corrected chi connectivity index (χ4v) is 0.715. The Morgan fingerprint density at radius 3 is 1.14 bits per heavy atom. The lowest BCUT2D eigenvalue weighted by Crippen LogP contribution is -2.03. The van der Waals surface area contributed by atoms with Crippen LogP contribution in [0.25, 0.3) is 0 Å². The number of hydrogen-bond donors (Lipinski definition) is 0. The second kappa shape index (κ2) is 4.74. The van der Waals surface area contributed by atoms with Gasteiger partial charge < -0.3 is 0 Å². The van der Waals surface area contributed by atoms with Gasteiger partial charge in [0.25, 0.3) is 0 Å². The van der Waals surface area contributed by atoms with Crippen molar-refractivity contribution < 1.29 is 22.0 Å². The van der Waals surface area contributed by atoms with Gasteiger partial charge in [-0.25, -0.2) is 22.0 Å². The summed E-state index contributed by atoms with van der Waals surface area (Å²) in [6.07, 6.45) is 0. The van der Waals surface area contributed by atoms with Crippen LogP contribution in [0.3, 0.4) is 0 Å². The van der Waals surface area contributed by atoms with Gasteiger partial charge >= 0.3 is 0 Å². The zero-order valence-electron chi connectivity index (χ0n) is 7.30. The Morgan fingerprint density at radius 1 is 0.643 bits per heavy atom. The van der Waals surface area contributed by atoms with Crippen LogP contribution in [-0.4, -0.2) is 0 Å². The summed E-state index contributed by atoms with van der Waals surface area (Å²) in [4.78, 5) is 0. The molecule has 0 nitrogen and oxygen atoms in total. The van der Waals surface area contributed by atoms with Gasteiger partial charge in [-0.1, -0.05) is 0 Å². The maximum absolute atomic E-state index is 12.4. The normalized spacial score (nSPS) is 9.29. The van der Waals surface area contributed by atoms with Crippen LogP contribution < -0.4 is 0 Å². The molecule has 78 valence electrons. The van der Waals surface area contributed by atoms with Crippen molar-refractivity contribution in [1.82, 2.24) is 0 Å². The van der Waals surface area contributed by atoms with Gasteiger partial charge in [0, 0.05) is 5.56 Å². The van der Waals surface area contributed by atoms with Crippen LogP contribution in [0.2, 0.25) is 0 Å². The topological polar surface area (TPSA) is 0 Å². The molecule has 0 aliphatic rings. The molecule has 0 aromatic heterocycles. The molecule has 1 aromatic carbocycles. The molecule has 14 heavy (non-hydrogen) atoms. The summed E-state index contributed by atoms with van der Waals surface area (Å²) in [5.74, 6) is -9.52. The molecule has 0 amide bonds. The number of halogens is 5. The SMILES string of the molecule is C=C.Cc1c(F)c(F)c(F)c(F)c1F. The molecule has 0 aliphatic heterocycles. The minimum atomic E-state index is -2.13. The van der Waals surface area contributed by atoms with E-state index in [9.17, 15) is 22.0 Å². The molecule has 0 bridgehead atoms. The molecule has 0 N–H and O–H groups in total. The van der Waals surface area contributed by atoms with Crippen molar-refractivity contribution in [2.75, 3.05) is 0 Å². The Hall–Kier alpha value is -1.39. The lowest BCUT2D eigenvalue weighted by atomic mass is 10.2. The van der Waals surface area contributed by atoms with Crippen LogP contribution in [0.4, 0.5) is 22.0 Å². The third-order valence-electron chi connectivity index (χ3n) is 1.43. The van der Waals surface area contributed by atoms with Crippen molar-refractivity contribution in [2.45, 2.75) is 6.92 Å². The average molecular weight is 210 g/mol. The minimum Gasteiger partial charge on any atom is -0.203 e. The monoisotopic (exact) mass is 210 g/mol. The highest BCUT2D eigenvalue weighted by Crippen LogP contribution is 2.21. The summed E-state index contributed by atoms with van der Waals surface area (Å²) in [5, 5.41) is 0. The summed E-state index contributed by atoms with van der Waals surface area (Å²) in [6, 6.07) is 0. The van der Waals surface area contributed by atoms with Crippen LogP contribution in [0, 0.1) is 36.0 Å². The summed E-state index contributed by atoms with van der Waals surface area (Å²) >= 11 is 0. The third-order valence-corrected chi connectivity index (χ3v) is 1.43. The standard InChI is InChI=1S/C7H3F5.C2H4/c1-2-3(8)5(10)7(12)6(11)4(2)9;1-2/h1H3;1-2H2. The van der Waals surface area contributed by atoms with Crippen LogP contribution in [0.1, 0.15) is 5.56 Å². The predicted molar refractivity (Wildman–Crippen MR) is 42.2 cm³/mol. The van der Waals surface area contributed by atoms with Gasteiger partial charge in [-0.15, -0.1) is 13.2 Å². The van der Waals surface area contributed by atoms with E-state index in [-0.39, 0.29) is 0 Å². The predicted octanol–water partition coefficient (Wildman–Crippen LogP) is 3.49. The molecule has 0 saturated heterocycles. The first-order valence-corrected chi connectivity index (χ1v) is 3.44. The molecule has 0 radical (unpaired) electrons. The van der Waals surface area contributed by atoms with E-state index in [1.54, 1.807) is 0 Å². The first kappa shape index (κ1) is 12.6. The molecule has 5 heteroatoms. The molecule has 0 spiro atoms. The maximum atomic E-state index is 12.4. The molecule has 0 atom stereocenters. The molecule has 0 heterocycles. The van der Waals surface area contributed by atoms with Crippen molar-refractivity contribution in [3.63, 3.8) is 0 Å². The lowest BCUT2D eigenvalue weighted by molar-refractivity contribution is 0.373. The van der Waals surface area contributed by atoms with Crippen molar-refractivity contribution >= 4 is 0 Å². The smallest absolute Gasteiger partial charge is 0.200 e. The highest BCUT2D eigenvalue weighted by atomic mass is 19.2. The molecule has 0 fully saturated rings. The van der Waals surface area contributed by atoms with Gasteiger partial charge in [0.1, 0.15) is 0 Å². The lowest BCUT2D eigenvalue weighted by Gasteiger charge is -2.02. The van der Waals surface area contributed by atoms with Crippen molar-refractivity contribution in [3.8, 4) is 0 Å². The molecule has 1 rings (SSSR count). The Bertz CT molecular complexity index is 241. The Morgan fingerprint density at radius 2 is 0.857 bits per heavy atom. The number of benzene rings is 1. The van der Waals surface area contributed by atoms with Gasteiger partial charge in [0.05, 0.1) is 0 Å². The number of hydrogen-bond acceptors (Lipinski definition) is 0. The Kier molecular flexibility index (Phi) is 4.27. The van der Waals surface area contributed by atoms with E-state index >= 15 is 0 Å². The maximum Gasteiger partial charge on any atom is 0.200 e. The highest BCUT2D eigenvalue weighted by Gasteiger charge is 2.22. The molecule has 0 unspecified atom stereocenters. The minimum absolute atomic E-state index is 0.816. The van der Waals surface area contributed by atoms with E-state index in [1.165, 1.54) is 0 Å². The summed E-state index contributed by atoms with van der Waals surface area (Å²) in [6.45, 7) is 6.82. The van der Waals surface area contributed by atoms with Crippen molar-refractivity contribution in [3.05, 3.63) is 47.8 Å². The van der Waals surface area contributed by atoms with Crippen LogP contribution in [-0.2, 0) is 0 Å². The van der Waals surface area contributed by atoms with E-state index < -0.39 is 34.6 Å². The molecule has 0 saturated carbocycles. The third kappa shape index (κ3) is 1.92. The van der Waals surface area contributed by atoms with Crippen LogP contribution in [0.5, 0.6) is 0 Å². The van der Waals surface area contributed by atoms with Crippen molar-refractivity contribution in [1.29, 1.82) is 0 Å². The molecular weight excluding hydrogens is 203 g/mol. The molecule has 1 aromatic rings. The van der Waals surface area contributed by atoms with E-state index in [0.29, 0.717) is 0 Å². The summed E-state index contributed by atoms with van der Waals surface area (Å²) in [7, 11) is 0. The van der Waals surface area contributed by atoms with E-state index in [4.69, 9.17) is 0 Å². The fourth-order valence-electron chi connectivity index (χ4n) is 0.715. The first-order chi connectivity index (χ1) is 6.46. The zero-order valence-corrected chi connectivity index (χ0v) is 7.30. The molecular formula is C9H7F5. The second-order valence-electron chi connectivity index (χ2n) is 2.19. The van der Waals surface area contributed by atoms with Gasteiger partial charge in [0.15, 0.2) is 23.3 Å². The average Bonchev–Trinajstić information content (AvgIpc) is 2.24. The molecule has 0 aliphatic carbocycles. The Balaban J connectivity index is 0.000000791. The highest BCUT2D eigenvalue weighted by molar-refractivity contribution is 5.22. The van der Waals surface area contributed by atoms with Crippen LogP contribution >= 0.6 is 0 Å². The first-order valence-electron chi connectivity index (χ1n) is 3.44. The fraction of sp³-hybridized carbons (Fsp3) is 0.111.